The summed E-state index contributed by atoms with van der Waals surface area (Å²) < 4.78 is 17.1. The summed E-state index contributed by atoms with van der Waals surface area (Å²) in [6, 6.07) is 0. The van der Waals surface area contributed by atoms with E-state index in [1.54, 1.807) is 0 Å². The van der Waals surface area contributed by atoms with E-state index in [0.29, 0.717) is 25.9 Å². The van der Waals surface area contributed by atoms with Crippen molar-refractivity contribution in [3.63, 3.8) is 0 Å². The molecule has 0 saturated heterocycles. The van der Waals surface area contributed by atoms with Gasteiger partial charge in [-0.25, -0.2) is 0 Å². The van der Waals surface area contributed by atoms with Gasteiger partial charge in [-0.15, -0.1) is 0 Å². The van der Waals surface area contributed by atoms with Crippen molar-refractivity contribution in [2.45, 2.75) is 181 Å². The Morgan fingerprint density at radius 3 is 1.41 bits per heavy atom. The zero-order valence-corrected chi connectivity index (χ0v) is 34.9. The number of allylic oxidation sites excluding steroid dienone is 16. The fourth-order valence-corrected chi connectivity index (χ4v) is 5.45. The van der Waals surface area contributed by atoms with E-state index >= 15 is 0 Å². The summed E-state index contributed by atoms with van der Waals surface area (Å²) in [7, 11) is 0. The zero-order valence-electron chi connectivity index (χ0n) is 34.9. The summed E-state index contributed by atoms with van der Waals surface area (Å²) in [6.45, 7) is 7.40. The van der Waals surface area contributed by atoms with E-state index < -0.39 is 6.10 Å². The Hall–Kier alpha value is -3.18. The van der Waals surface area contributed by atoms with Crippen LogP contribution >= 0.6 is 0 Å². The number of ether oxygens (including phenoxy) is 3. The molecule has 0 aromatic carbocycles. The minimum atomic E-state index is -0.570. The van der Waals surface area contributed by atoms with Crippen molar-refractivity contribution in [1.82, 2.24) is 0 Å². The lowest BCUT2D eigenvalue weighted by Crippen LogP contribution is -2.30. The van der Waals surface area contributed by atoms with E-state index in [1.807, 2.05) is 6.08 Å². The van der Waals surface area contributed by atoms with Gasteiger partial charge in [0.05, 0.1) is 6.61 Å². The molecule has 0 bridgehead atoms. The van der Waals surface area contributed by atoms with Crippen LogP contribution in [0, 0.1) is 0 Å². The molecule has 0 aromatic heterocycles. The van der Waals surface area contributed by atoms with Crippen molar-refractivity contribution in [1.29, 1.82) is 0 Å². The van der Waals surface area contributed by atoms with E-state index in [4.69, 9.17) is 14.2 Å². The molecule has 306 valence electrons. The molecule has 0 rings (SSSR count). The third-order valence-electron chi connectivity index (χ3n) is 8.63. The molecule has 0 fully saturated rings. The highest BCUT2D eigenvalue weighted by Gasteiger charge is 2.17. The average Bonchev–Trinajstić information content (AvgIpc) is 3.17. The molecule has 0 saturated carbocycles. The van der Waals surface area contributed by atoms with Gasteiger partial charge in [-0.3, -0.25) is 9.59 Å². The maximum Gasteiger partial charge on any atom is 0.306 e. The summed E-state index contributed by atoms with van der Waals surface area (Å²) in [6.07, 6.45) is 58.8. The van der Waals surface area contributed by atoms with Gasteiger partial charge in [0.25, 0.3) is 0 Å². The first-order chi connectivity index (χ1) is 26.6. The van der Waals surface area contributed by atoms with Crippen LogP contribution in [0.5, 0.6) is 0 Å². The second kappa shape index (κ2) is 44.2. The molecule has 0 radical (unpaired) electrons. The van der Waals surface area contributed by atoms with Crippen LogP contribution < -0.4 is 0 Å². The smallest absolute Gasteiger partial charge is 0.306 e. The van der Waals surface area contributed by atoms with Crippen molar-refractivity contribution >= 4 is 11.9 Å². The number of hydrogen-bond acceptors (Lipinski definition) is 5. The first kappa shape index (κ1) is 50.8. The maximum absolute atomic E-state index is 12.5. The van der Waals surface area contributed by atoms with Crippen LogP contribution in [-0.2, 0) is 23.8 Å². The molecular weight excluding hydrogens is 669 g/mol. The molecule has 5 nitrogen and oxygen atoms in total. The van der Waals surface area contributed by atoms with E-state index in [9.17, 15) is 9.59 Å². The second-order valence-corrected chi connectivity index (χ2v) is 13.8. The SMILES string of the molecule is CC/C=C\C/C=C\C/C=C\C/C=C\CCCCCCCCCOCC(COC(=O)CC/C=C\C/C=C\C/C=C\C/C=C\CC)OC(=O)CCCCCCC. The molecule has 54 heavy (non-hydrogen) atoms. The van der Waals surface area contributed by atoms with Crippen molar-refractivity contribution < 1.29 is 23.8 Å². The summed E-state index contributed by atoms with van der Waals surface area (Å²) in [5, 5.41) is 0. The van der Waals surface area contributed by atoms with Gasteiger partial charge in [-0.1, -0.05) is 176 Å². The Morgan fingerprint density at radius 2 is 0.870 bits per heavy atom. The van der Waals surface area contributed by atoms with Gasteiger partial charge in [0.15, 0.2) is 6.10 Å². The molecule has 1 unspecified atom stereocenters. The first-order valence-electron chi connectivity index (χ1n) is 21.8. The number of esters is 2. The normalized spacial score (nSPS) is 13.2. The summed E-state index contributed by atoms with van der Waals surface area (Å²) >= 11 is 0. The molecule has 0 heterocycles. The molecule has 0 N–H and O–H groups in total. The number of rotatable bonds is 38. The van der Waals surface area contributed by atoms with Crippen LogP contribution in [0.25, 0.3) is 0 Å². The van der Waals surface area contributed by atoms with Gasteiger partial charge >= 0.3 is 11.9 Å². The number of hydrogen-bond donors (Lipinski definition) is 0. The van der Waals surface area contributed by atoms with E-state index in [0.717, 1.165) is 89.9 Å². The molecule has 0 aliphatic carbocycles. The predicted molar refractivity (Wildman–Crippen MR) is 233 cm³/mol. The van der Waals surface area contributed by atoms with Gasteiger partial charge in [-0.05, 0) is 83.5 Å². The highest BCUT2D eigenvalue weighted by Crippen LogP contribution is 2.11. The van der Waals surface area contributed by atoms with Crippen LogP contribution in [0.1, 0.15) is 175 Å². The molecule has 0 aromatic rings. The van der Waals surface area contributed by atoms with Gasteiger partial charge < -0.3 is 14.2 Å². The third kappa shape index (κ3) is 41.6. The fraction of sp³-hybridized carbons (Fsp3) is 0.633. The zero-order chi connectivity index (χ0) is 39.3. The Labute approximate surface area is 332 Å². The van der Waals surface area contributed by atoms with Crippen molar-refractivity contribution in [3.05, 3.63) is 97.2 Å². The van der Waals surface area contributed by atoms with Crippen LogP contribution in [-0.4, -0.2) is 37.9 Å². The highest BCUT2D eigenvalue weighted by molar-refractivity contribution is 5.70. The minimum absolute atomic E-state index is 0.0372. The van der Waals surface area contributed by atoms with E-state index in [1.165, 1.54) is 44.9 Å². The lowest BCUT2D eigenvalue weighted by atomic mass is 10.1. The lowest BCUT2D eigenvalue weighted by molar-refractivity contribution is -0.162. The predicted octanol–water partition coefficient (Wildman–Crippen LogP) is 14.3. The molecule has 0 aliphatic heterocycles. The molecule has 0 amide bonds. The highest BCUT2D eigenvalue weighted by atomic mass is 16.6. The standard InChI is InChI=1S/C49H80O5/c1-4-7-10-13-15-17-19-21-22-23-24-25-26-27-29-31-33-35-38-41-44-52-45-47(54-49(51)43-40-36-12-9-6-3)46-53-48(50)42-39-37-34-32-30-28-20-18-16-14-11-8-5-2/h7-8,10-11,15-18,21-22,24-25,28,30,34,37,47H,4-6,9,12-14,19-20,23,26-27,29,31-33,35-36,38-46H2,1-3H3/b10-7-,11-8-,17-15-,18-16-,22-21-,25-24-,30-28-,37-34-. The maximum atomic E-state index is 12.5. The molecule has 5 heteroatoms. The monoisotopic (exact) mass is 749 g/mol. The van der Waals surface area contributed by atoms with Crippen molar-refractivity contribution in [2.75, 3.05) is 19.8 Å². The van der Waals surface area contributed by atoms with Crippen LogP contribution in [0.15, 0.2) is 97.2 Å². The largest absolute Gasteiger partial charge is 0.462 e. The Bertz CT molecular complexity index is 1070. The topological polar surface area (TPSA) is 61.8 Å². The van der Waals surface area contributed by atoms with Crippen molar-refractivity contribution in [2.24, 2.45) is 0 Å². The summed E-state index contributed by atoms with van der Waals surface area (Å²) in [4.78, 5) is 24.9. The Morgan fingerprint density at radius 1 is 0.426 bits per heavy atom. The molecule has 0 spiro atoms. The lowest BCUT2D eigenvalue weighted by Gasteiger charge is -2.18. The van der Waals surface area contributed by atoms with Crippen molar-refractivity contribution in [3.8, 4) is 0 Å². The first-order valence-corrected chi connectivity index (χ1v) is 21.8. The van der Waals surface area contributed by atoms with E-state index in [2.05, 4.69) is 112 Å². The minimum Gasteiger partial charge on any atom is -0.462 e. The fourth-order valence-electron chi connectivity index (χ4n) is 5.45. The summed E-state index contributed by atoms with van der Waals surface area (Å²) in [5.41, 5.74) is 0. The second-order valence-electron chi connectivity index (χ2n) is 13.8. The summed E-state index contributed by atoms with van der Waals surface area (Å²) in [5.74, 6) is -0.519. The number of unbranched alkanes of at least 4 members (excludes halogenated alkanes) is 11. The quantitative estimate of drug-likeness (QED) is 0.0357. The Balaban J connectivity index is 4.17. The number of carbonyl (C=O) groups is 2. The van der Waals surface area contributed by atoms with Crippen LogP contribution in [0.3, 0.4) is 0 Å². The third-order valence-corrected chi connectivity index (χ3v) is 8.63. The molecule has 0 aliphatic rings. The van der Waals surface area contributed by atoms with Crippen LogP contribution in [0.2, 0.25) is 0 Å². The van der Waals surface area contributed by atoms with Gasteiger partial charge in [-0.2, -0.15) is 0 Å². The number of carbonyl (C=O) groups excluding carboxylic acids is 2. The average molecular weight is 749 g/mol. The van der Waals surface area contributed by atoms with E-state index in [-0.39, 0.29) is 25.2 Å². The van der Waals surface area contributed by atoms with Gasteiger partial charge in [0, 0.05) is 19.4 Å². The molecule has 1 atom stereocenters. The van der Waals surface area contributed by atoms with Gasteiger partial charge in [0.2, 0.25) is 0 Å². The van der Waals surface area contributed by atoms with Gasteiger partial charge in [0.1, 0.15) is 6.61 Å². The van der Waals surface area contributed by atoms with Crippen LogP contribution in [0.4, 0.5) is 0 Å². The Kier molecular flexibility index (Phi) is 41.6. The molecular formula is C49H80O5.